The Kier molecular flexibility index (Phi) is 14.3. The third-order valence-electron chi connectivity index (χ3n) is 10.3. The first-order chi connectivity index (χ1) is 20.3. The molecule has 42 heavy (non-hydrogen) atoms. The Morgan fingerprint density at radius 1 is 0.738 bits per heavy atom. The summed E-state index contributed by atoms with van der Waals surface area (Å²) in [5.74, 6) is 1.53. The van der Waals surface area contributed by atoms with E-state index >= 15 is 0 Å². The van der Waals surface area contributed by atoms with E-state index < -0.39 is 16.6 Å². The van der Waals surface area contributed by atoms with E-state index in [9.17, 15) is 0 Å². The zero-order valence-electron chi connectivity index (χ0n) is 28.2. The maximum atomic E-state index is 7.13. The van der Waals surface area contributed by atoms with Crippen LogP contribution in [0.15, 0.2) is 72.8 Å². The fourth-order valence-corrected chi connectivity index (χ4v) is 15.1. The Bertz CT molecular complexity index is 978. The van der Waals surface area contributed by atoms with Crippen LogP contribution in [0.25, 0.3) is 0 Å². The zero-order chi connectivity index (χ0) is 30.5. The lowest BCUT2D eigenvalue weighted by atomic mass is 9.87. The molecule has 0 N–H and O–H groups in total. The largest absolute Gasteiger partial charge is 0.414 e. The minimum absolute atomic E-state index is 0.0474. The Balaban J connectivity index is 1.56. The van der Waals surface area contributed by atoms with Crippen molar-refractivity contribution >= 4 is 27.0 Å². The molecule has 0 aromatic heterocycles. The monoisotopic (exact) mass is 606 g/mol. The number of unbranched alkanes of at least 4 members (excludes halogenated alkanes) is 3. The number of benzene rings is 2. The van der Waals surface area contributed by atoms with Gasteiger partial charge in [0.15, 0.2) is 8.32 Å². The first kappa shape index (κ1) is 35.0. The van der Waals surface area contributed by atoms with Gasteiger partial charge in [-0.1, -0.05) is 147 Å². The highest BCUT2D eigenvalue weighted by Gasteiger charge is 2.50. The molecule has 2 nitrogen and oxygen atoms in total. The minimum Gasteiger partial charge on any atom is -0.414 e. The summed E-state index contributed by atoms with van der Waals surface area (Å²) in [7, 11) is -3.99. The van der Waals surface area contributed by atoms with E-state index in [1.54, 1.807) is 0 Å². The predicted molar refractivity (Wildman–Crippen MR) is 189 cm³/mol. The molecule has 0 aliphatic heterocycles. The van der Waals surface area contributed by atoms with Crippen molar-refractivity contribution in [2.24, 2.45) is 11.8 Å². The third kappa shape index (κ3) is 8.80. The van der Waals surface area contributed by atoms with Gasteiger partial charge in [-0.05, 0) is 77.5 Å². The van der Waals surface area contributed by atoms with Crippen molar-refractivity contribution in [3.63, 3.8) is 0 Å². The Hall–Kier alpha value is -1.47. The molecule has 0 amide bonds. The molecule has 2 aromatic carbocycles. The van der Waals surface area contributed by atoms with Crippen LogP contribution in [0.5, 0.6) is 0 Å². The van der Waals surface area contributed by atoms with Gasteiger partial charge in [0.2, 0.25) is 0 Å². The lowest BCUT2D eigenvalue weighted by molar-refractivity contribution is 0.128. The summed E-state index contributed by atoms with van der Waals surface area (Å²) in [4.78, 5) is 0. The van der Waals surface area contributed by atoms with Crippen LogP contribution in [0, 0.1) is 11.8 Å². The minimum atomic E-state index is -2.42. The lowest BCUT2D eigenvalue weighted by Crippen LogP contribution is -2.66. The molecule has 0 bridgehead atoms. The van der Waals surface area contributed by atoms with Crippen molar-refractivity contribution < 1.29 is 8.85 Å². The van der Waals surface area contributed by atoms with Crippen LogP contribution in [-0.4, -0.2) is 29.3 Å². The maximum Gasteiger partial charge on any atom is 0.261 e. The zero-order valence-corrected chi connectivity index (χ0v) is 30.2. The van der Waals surface area contributed by atoms with Gasteiger partial charge < -0.3 is 8.85 Å². The average Bonchev–Trinajstić information content (AvgIpc) is 3.38. The average molecular weight is 607 g/mol. The van der Waals surface area contributed by atoms with E-state index in [0.29, 0.717) is 12.0 Å². The molecule has 1 fully saturated rings. The second-order valence-electron chi connectivity index (χ2n) is 13.7. The molecule has 1 aliphatic carbocycles. The normalized spacial score (nSPS) is 20.0. The van der Waals surface area contributed by atoms with Crippen molar-refractivity contribution in [2.45, 2.75) is 136 Å². The molecule has 0 radical (unpaired) electrons. The molecular weight excluding hydrogens is 545 g/mol. The van der Waals surface area contributed by atoms with Gasteiger partial charge in [-0.3, -0.25) is 0 Å². The second-order valence-corrected chi connectivity index (χ2v) is 22.8. The van der Waals surface area contributed by atoms with Crippen LogP contribution in [0.3, 0.4) is 0 Å². The van der Waals surface area contributed by atoms with E-state index in [-0.39, 0.29) is 5.04 Å². The van der Waals surface area contributed by atoms with Crippen molar-refractivity contribution in [2.75, 3.05) is 6.61 Å². The van der Waals surface area contributed by atoms with E-state index in [2.05, 4.69) is 121 Å². The summed E-state index contributed by atoms with van der Waals surface area (Å²) in [6.45, 7) is 17.3. The standard InChI is InChI=1S/C38H62O2Si2/c1-8-12-17-29-36-33(30-31-37(36)40-41(9-2,10-3)11-4)24-18-13-14-23-32-39-42(38(5,6)7,34-25-19-15-20-26-34)35-27-21-16-22-28-35/h12,15-17,19-22,25-28,33,36-37H,8-11,13-14,18,23-24,29-32H2,1-7H3/b17-12-/t33-,36-,37+/m0/s1. The number of allylic oxidation sites excluding steroid dienone is 2. The van der Waals surface area contributed by atoms with E-state index in [0.717, 1.165) is 25.4 Å². The summed E-state index contributed by atoms with van der Waals surface area (Å²) >= 11 is 0. The van der Waals surface area contributed by atoms with Gasteiger partial charge in [0.1, 0.15) is 0 Å². The first-order valence-electron chi connectivity index (χ1n) is 17.3. The summed E-state index contributed by atoms with van der Waals surface area (Å²) < 4.78 is 14.2. The van der Waals surface area contributed by atoms with Crippen LogP contribution in [-0.2, 0) is 8.85 Å². The molecule has 1 saturated carbocycles. The molecule has 3 atom stereocenters. The second kappa shape index (κ2) is 17.1. The van der Waals surface area contributed by atoms with Gasteiger partial charge in [-0.15, -0.1) is 0 Å². The Labute approximate surface area is 262 Å². The fourth-order valence-electron chi connectivity index (χ4n) is 7.55. The smallest absolute Gasteiger partial charge is 0.261 e. The topological polar surface area (TPSA) is 18.5 Å². The molecule has 0 heterocycles. The lowest BCUT2D eigenvalue weighted by Gasteiger charge is -2.43. The summed E-state index contributed by atoms with van der Waals surface area (Å²) in [5, 5.41) is 2.81. The highest BCUT2D eigenvalue weighted by molar-refractivity contribution is 6.99. The quantitative estimate of drug-likeness (QED) is 0.0955. The maximum absolute atomic E-state index is 7.13. The molecular formula is C38H62O2Si2. The van der Waals surface area contributed by atoms with Crippen LogP contribution in [0.1, 0.15) is 106 Å². The van der Waals surface area contributed by atoms with Gasteiger partial charge >= 0.3 is 0 Å². The molecule has 3 rings (SSSR count). The van der Waals surface area contributed by atoms with Crippen molar-refractivity contribution in [3.05, 3.63) is 72.8 Å². The number of hydrogen-bond donors (Lipinski definition) is 0. The van der Waals surface area contributed by atoms with Gasteiger partial charge in [-0.2, -0.15) is 0 Å². The van der Waals surface area contributed by atoms with E-state index in [4.69, 9.17) is 8.85 Å². The van der Waals surface area contributed by atoms with E-state index in [1.807, 2.05) is 0 Å². The molecule has 0 spiro atoms. The highest BCUT2D eigenvalue weighted by Crippen LogP contribution is 2.42. The predicted octanol–water partition coefficient (Wildman–Crippen LogP) is 10.3. The molecule has 0 saturated heterocycles. The van der Waals surface area contributed by atoms with Crippen molar-refractivity contribution in [1.82, 2.24) is 0 Å². The third-order valence-corrected chi connectivity index (χ3v) is 20.0. The molecule has 0 unspecified atom stereocenters. The first-order valence-corrected chi connectivity index (χ1v) is 21.8. The van der Waals surface area contributed by atoms with Crippen LogP contribution in [0.4, 0.5) is 0 Å². The number of hydrogen-bond acceptors (Lipinski definition) is 2. The van der Waals surface area contributed by atoms with Crippen LogP contribution in [0.2, 0.25) is 23.2 Å². The summed E-state index contributed by atoms with van der Waals surface area (Å²) in [6.07, 6.45) is 16.7. The number of rotatable bonds is 18. The van der Waals surface area contributed by atoms with E-state index in [1.165, 1.54) is 73.5 Å². The Morgan fingerprint density at radius 3 is 1.83 bits per heavy atom. The van der Waals surface area contributed by atoms with Gasteiger partial charge in [0, 0.05) is 12.7 Å². The molecule has 1 aliphatic rings. The van der Waals surface area contributed by atoms with Crippen LogP contribution < -0.4 is 10.4 Å². The van der Waals surface area contributed by atoms with Crippen molar-refractivity contribution in [3.8, 4) is 0 Å². The van der Waals surface area contributed by atoms with Gasteiger partial charge in [0.05, 0.1) is 0 Å². The highest BCUT2D eigenvalue weighted by atomic mass is 28.4. The fraction of sp³-hybridized carbons (Fsp3) is 0.632. The van der Waals surface area contributed by atoms with Gasteiger partial charge in [-0.25, -0.2) is 0 Å². The molecule has 234 valence electrons. The van der Waals surface area contributed by atoms with Crippen LogP contribution >= 0.6 is 0 Å². The summed E-state index contributed by atoms with van der Waals surface area (Å²) in [6, 6.07) is 25.9. The van der Waals surface area contributed by atoms with Gasteiger partial charge in [0.25, 0.3) is 8.32 Å². The SMILES string of the molecule is CC/C=C\C[C@H]1[C@@H](CCCCCCO[Si](c2ccccc2)(c2ccccc2)C(C)(C)C)CC[C@H]1O[Si](CC)(CC)CC. The Morgan fingerprint density at radius 2 is 1.31 bits per heavy atom. The molecule has 4 heteroatoms. The molecule has 2 aromatic rings. The summed E-state index contributed by atoms with van der Waals surface area (Å²) in [5.41, 5.74) is 0. The van der Waals surface area contributed by atoms with Crippen molar-refractivity contribution in [1.29, 1.82) is 0 Å².